The second-order valence-electron chi connectivity index (χ2n) is 7.07. The summed E-state index contributed by atoms with van der Waals surface area (Å²) in [6.07, 6.45) is 3.14. The highest BCUT2D eigenvalue weighted by molar-refractivity contribution is 7.90. The van der Waals surface area contributed by atoms with Crippen LogP contribution < -0.4 is 0 Å². The molecule has 4 atom stereocenters. The third-order valence-corrected chi connectivity index (χ3v) is 8.29. The zero-order valence-electron chi connectivity index (χ0n) is 14.3. The summed E-state index contributed by atoms with van der Waals surface area (Å²) in [4.78, 5) is 0. The summed E-state index contributed by atoms with van der Waals surface area (Å²) >= 11 is -3.82. The number of nitrogens with zero attached hydrogens (tertiary/aromatic N) is 1. The van der Waals surface area contributed by atoms with Crippen LogP contribution in [0.1, 0.15) is 39.0 Å². The molecule has 160 valence electrons. The van der Waals surface area contributed by atoms with E-state index in [0.717, 1.165) is 19.3 Å². The highest BCUT2D eigenvalue weighted by Crippen LogP contribution is 2.52. The molecule has 13 heteroatoms. The summed E-state index contributed by atoms with van der Waals surface area (Å²) in [7, 11) is -6.14. The monoisotopic (exact) mass is 444 g/mol. The van der Waals surface area contributed by atoms with Gasteiger partial charge in [-0.2, -0.15) is 30.6 Å². The first-order valence-corrected chi connectivity index (χ1v) is 11.0. The second-order valence-corrected chi connectivity index (χ2v) is 10.3. The van der Waals surface area contributed by atoms with E-state index in [0.29, 0.717) is 6.42 Å². The summed E-state index contributed by atoms with van der Waals surface area (Å²) in [6, 6.07) is 0. The van der Waals surface area contributed by atoms with Crippen LogP contribution >= 0.6 is 0 Å². The summed E-state index contributed by atoms with van der Waals surface area (Å²) in [6.45, 7) is -0.801. The molecular formula is C14H20F6NO4S2-. The Labute approximate surface area is 155 Å². The SMILES string of the molecule is C[C@@H](S(=O)[O-])C(F)(F)C(F)(F)C(F)(F)S(=O)(=O)N1CCC2CCCCC2C1. The van der Waals surface area contributed by atoms with Gasteiger partial charge in [0.15, 0.2) is 0 Å². The first kappa shape index (κ1) is 22.9. The van der Waals surface area contributed by atoms with Crippen molar-refractivity contribution >= 4 is 21.1 Å². The van der Waals surface area contributed by atoms with Gasteiger partial charge < -0.3 is 4.55 Å². The van der Waals surface area contributed by atoms with Gasteiger partial charge >= 0.3 is 17.1 Å². The van der Waals surface area contributed by atoms with Crippen LogP contribution in [-0.2, 0) is 21.1 Å². The normalized spacial score (nSPS) is 28.4. The van der Waals surface area contributed by atoms with Crippen molar-refractivity contribution in [2.24, 2.45) is 11.8 Å². The van der Waals surface area contributed by atoms with Crippen LogP contribution in [0, 0.1) is 11.8 Å². The van der Waals surface area contributed by atoms with Gasteiger partial charge in [0.2, 0.25) is 0 Å². The number of alkyl halides is 6. The number of rotatable bonds is 6. The van der Waals surface area contributed by atoms with Crippen LogP contribution in [0.2, 0.25) is 0 Å². The van der Waals surface area contributed by atoms with Gasteiger partial charge in [-0.1, -0.05) is 19.3 Å². The number of hydrogen-bond acceptors (Lipinski definition) is 4. The Balaban J connectivity index is 2.33. The third-order valence-electron chi connectivity index (χ3n) is 5.50. The van der Waals surface area contributed by atoms with E-state index in [1.807, 2.05) is 0 Å². The van der Waals surface area contributed by atoms with E-state index in [1.165, 1.54) is 0 Å². The molecule has 0 aromatic rings. The van der Waals surface area contributed by atoms with Crippen molar-refractivity contribution in [2.75, 3.05) is 13.1 Å². The lowest BCUT2D eigenvalue weighted by atomic mass is 9.76. The van der Waals surface area contributed by atoms with Gasteiger partial charge in [-0.25, -0.2) is 8.42 Å². The van der Waals surface area contributed by atoms with Crippen LogP contribution in [-0.4, -0.2) is 56.9 Å². The van der Waals surface area contributed by atoms with Crippen molar-refractivity contribution in [1.29, 1.82) is 0 Å². The molecule has 0 radical (unpaired) electrons. The van der Waals surface area contributed by atoms with E-state index < -0.39 is 56.5 Å². The molecule has 27 heavy (non-hydrogen) atoms. The smallest absolute Gasteiger partial charge is 0.427 e. The molecule has 2 fully saturated rings. The molecule has 3 unspecified atom stereocenters. The number of halogens is 6. The van der Waals surface area contributed by atoms with Crippen molar-refractivity contribution in [3.05, 3.63) is 0 Å². The quantitative estimate of drug-likeness (QED) is 0.466. The number of sulfonamides is 1. The Bertz CT molecular complexity index is 687. The molecule has 5 nitrogen and oxygen atoms in total. The van der Waals surface area contributed by atoms with Crippen LogP contribution in [0.5, 0.6) is 0 Å². The lowest BCUT2D eigenvalue weighted by molar-refractivity contribution is -0.279. The molecule has 0 bridgehead atoms. The van der Waals surface area contributed by atoms with E-state index in [2.05, 4.69) is 0 Å². The maximum absolute atomic E-state index is 14.2. The van der Waals surface area contributed by atoms with E-state index in [4.69, 9.17) is 0 Å². The number of hydrogen-bond donors (Lipinski definition) is 0. The van der Waals surface area contributed by atoms with E-state index in [-0.39, 0.29) is 29.5 Å². The average Bonchev–Trinajstić information content (AvgIpc) is 2.59. The Morgan fingerprint density at radius 3 is 2.07 bits per heavy atom. The van der Waals surface area contributed by atoms with Crippen LogP contribution in [0.15, 0.2) is 0 Å². The van der Waals surface area contributed by atoms with Crippen molar-refractivity contribution in [3.63, 3.8) is 0 Å². The predicted molar refractivity (Wildman–Crippen MR) is 83.8 cm³/mol. The van der Waals surface area contributed by atoms with Crippen LogP contribution in [0.25, 0.3) is 0 Å². The summed E-state index contributed by atoms with van der Waals surface area (Å²) in [5, 5.41) is -9.38. The fraction of sp³-hybridized carbons (Fsp3) is 1.00. The Morgan fingerprint density at radius 2 is 1.56 bits per heavy atom. The zero-order chi connectivity index (χ0) is 20.8. The van der Waals surface area contributed by atoms with Gasteiger partial charge in [0.05, 0.1) is 5.25 Å². The minimum atomic E-state index is -6.41. The lowest BCUT2D eigenvalue weighted by Crippen LogP contribution is -2.65. The van der Waals surface area contributed by atoms with Crippen LogP contribution in [0.4, 0.5) is 26.3 Å². The molecule has 2 rings (SSSR count). The molecule has 0 spiro atoms. The topological polar surface area (TPSA) is 77.5 Å². The van der Waals surface area contributed by atoms with E-state index in [1.54, 1.807) is 0 Å². The molecule has 1 saturated carbocycles. The van der Waals surface area contributed by atoms with Crippen molar-refractivity contribution in [3.8, 4) is 0 Å². The fourth-order valence-corrected chi connectivity index (χ4v) is 5.59. The molecule has 0 aromatic heterocycles. The number of fused-ring (bicyclic) bond motifs is 1. The van der Waals surface area contributed by atoms with Crippen molar-refractivity contribution < 1.29 is 43.5 Å². The molecule has 0 aromatic carbocycles. The molecule has 2 aliphatic rings. The van der Waals surface area contributed by atoms with Gasteiger partial charge in [0.1, 0.15) is 0 Å². The Kier molecular flexibility index (Phi) is 6.31. The van der Waals surface area contributed by atoms with Gasteiger partial charge in [0, 0.05) is 13.1 Å². The molecule has 1 saturated heterocycles. The minimum absolute atomic E-state index is 0.0867. The molecule has 1 aliphatic carbocycles. The summed E-state index contributed by atoms with van der Waals surface area (Å²) < 4.78 is 130. The minimum Gasteiger partial charge on any atom is -0.772 e. The molecule has 1 aliphatic heterocycles. The predicted octanol–water partition coefficient (Wildman–Crippen LogP) is 2.96. The molecular weight excluding hydrogens is 424 g/mol. The van der Waals surface area contributed by atoms with Crippen molar-refractivity contribution in [2.45, 2.75) is 61.4 Å². The average molecular weight is 444 g/mol. The van der Waals surface area contributed by atoms with E-state index >= 15 is 0 Å². The standard InChI is InChI=1S/C14H21F6NO4S2/c1-9(26(22)23)12(15,16)13(17,18)14(19,20)27(24,25)21-7-6-10-4-2-3-5-11(10)8-21/h9-11H,2-8H2,1H3,(H,22,23)/p-1/t9-,10?,11?/m1/s1. The largest absolute Gasteiger partial charge is 0.772 e. The molecule has 0 amide bonds. The Hall–Kier alpha value is -0.400. The third kappa shape index (κ3) is 3.64. The zero-order valence-corrected chi connectivity index (χ0v) is 16.0. The Morgan fingerprint density at radius 1 is 1.04 bits per heavy atom. The van der Waals surface area contributed by atoms with Gasteiger partial charge in [-0.15, -0.1) is 0 Å². The summed E-state index contributed by atoms with van der Waals surface area (Å²) in [5.74, 6) is -12.4. The first-order chi connectivity index (χ1) is 12.2. The first-order valence-electron chi connectivity index (χ1n) is 8.39. The maximum Gasteiger partial charge on any atom is 0.427 e. The number of piperidine rings is 1. The highest BCUT2D eigenvalue weighted by atomic mass is 32.2. The summed E-state index contributed by atoms with van der Waals surface area (Å²) in [5.41, 5.74) is 0. The van der Waals surface area contributed by atoms with Crippen molar-refractivity contribution in [1.82, 2.24) is 4.31 Å². The molecule has 1 heterocycles. The molecule has 0 N–H and O–H groups in total. The van der Waals surface area contributed by atoms with Gasteiger partial charge in [0.25, 0.3) is 10.0 Å². The van der Waals surface area contributed by atoms with Gasteiger partial charge in [-0.3, -0.25) is 4.21 Å². The highest BCUT2D eigenvalue weighted by Gasteiger charge is 2.79. The van der Waals surface area contributed by atoms with Crippen LogP contribution in [0.3, 0.4) is 0 Å². The lowest BCUT2D eigenvalue weighted by Gasteiger charge is -2.43. The maximum atomic E-state index is 14.2. The second kappa shape index (κ2) is 7.45. The van der Waals surface area contributed by atoms with Gasteiger partial charge in [-0.05, 0) is 42.7 Å². The fourth-order valence-electron chi connectivity index (χ4n) is 3.68. The van der Waals surface area contributed by atoms with E-state index in [9.17, 15) is 43.5 Å².